The Morgan fingerprint density at radius 3 is 2.36 bits per heavy atom. The van der Waals surface area contributed by atoms with Gasteiger partial charge in [0, 0.05) is 43.3 Å². The highest BCUT2D eigenvalue weighted by atomic mass is 35.5. The molecule has 2 N–H and O–H groups in total. The molecule has 0 aromatic heterocycles. The summed E-state index contributed by atoms with van der Waals surface area (Å²) in [5, 5.41) is 0.651. The van der Waals surface area contributed by atoms with Gasteiger partial charge in [-0.15, -0.1) is 0 Å². The van der Waals surface area contributed by atoms with Crippen LogP contribution in [-0.2, 0) is 4.79 Å². The predicted molar refractivity (Wildman–Crippen MR) is 88.2 cm³/mol. The summed E-state index contributed by atoms with van der Waals surface area (Å²) in [6, 6.07) is 7.01. The standard InChI is InChI=1S/C16H24ClN3O2/c1-16(2,18)12-19-7-9-20(10-8-19)15(21)11-22-14-5-3-13(17)4-6-14/h3-6H,7-12,18H2,1-2H3. The largest absolute Gasteiger partial charge is 0.484 e. The molecule has 1 fully saturated rings. The first-order valence-electron chi connectivity index (χ1n) is 7.51. The van der Waals surface area contributed by atoms with Crippen LogP contribution >= 0.6 is 11.6 Å². The number of nitrogens with two attached hydrogens (primary N) is 1. The van der Waals surface area contributed by atoms with Crippen molar-refractivity contribution in [3.05, 3.63) is 29.3 Å². The molecule has 22 heavy (non-hydrogen) atoms. The van der Waals surface area contributed by atoms with Crippen LogP contribution in [0.4, 0.5) is 0 Å². The van der Waals surface area contributed by atoms with Gasteiger partial charge in [0.1, 0.15) is 5.75 Å². The van der Waals surface area contributed by atoms with Crippen LogP contribution < -0.4 is 10.5 Å². The molecule has 0 unspecified atom stereocenters. The topological polar surface area (TPSA) is 58.8 Å². The summed E-state index contributed by atoms with van der Waals surface area (Å²) in [7, 11) is 0. The lowest BCUT2D eigenvalue weighted by Crippen LogP contribution is -2.54. The fourth-order valence-corrected chi connectivity index (χ4v) is 2.62. The normalized spacial score (nSPS) is 16.6. The molecule has 5 nitrogen and oxygen atoms in total. The quantitative estimate of drug-likeness (QED) is 0.893. The smallest absolute Gasteiger partial charge is 0.260 e. The third-order valence-corrected chi connectivity index (χ3v) is 3.78. The average Bonchev–Trinajstić information content (AvgIpc) is 2.45. The lowest BCUT2D eigenvalue weighted by atomic mass is 10.1. The summed E-state index contributed by atoms with van der Waals surface area (Å²) < 4.78 is 5.50. The molecule has 0 aliphatic carbocycles. The first-order chi connectivity index (χ1) is 10.3. The molecule has 1 aromatic rings. The summed E-state index contributed by atoms with van der Waals surface area (Å²) >= 11 is 5.81. The van der Waals surface area contributed by atoms with E-state index in [1.807, 2.05) is 18.7 Å². The van der Waals surface area contributed by atoms with E-state index in [4.69, 9.17) is 22.1 Å². The number of carbonyl (C=O) groups excluding carboxylic acids is 1. The van der Waals surface area contributed by atoms with Gasteiger partial charge in [0.15, 0.2) is 6.61 Å². The molecule has 1 aliphatic rings. The molecule has 1 saturated heterocycles. The number of carbonyl (C=O) groups is 1. The third kappa shape index (κ3) is 5.48. The molecule has 0 bridgehead atoms. The van der Waals surface area contributed by atoms with E-state index in [9.17, 15) is 4.79 Å². The van der Waals surface area contributed by atoms with Crippen LogP contribution in [0.15, 0.2) is 24.3 Å². The van der Waals surface area contributed by atoms with Gasteiger partial charge in [0.25, 0.3) is 5.91 Å². The van der Waals surface area contributed by atoms with Crippen LogP contribution in [0.1, 0.15) is 13.8 Å². The molecule has 1 heterocycles. The second-order valence-corrected chi connectivity index (χ2v) is 6.82. The van der Waals surface area contributed by atoms with Gasteiger partial charge < -0.3 is 15.4 Å². The lowest BCUT2D eigenvalue weighted by Gasteiger charge is -2.37. The molecule has 1 aliphatic heterocycles. The van der Waals surface area contributed by atoms with Gasteiger partial charge in [-0.25, -0.2) is 0 Å². The van der Waals surface area contributed by atoms with E-state index in [-0.39, 0.29) is 18.1 Å². The molecular formula is C16H24ClN3O2. The Morgan fingerprint density at radius 1 is 1.23 bits per heavy atom. The van der Waals surface area contributed by atoms with E-state index in [0.29, 0.717) is 10.8 Å². The number of nitrogens with zero attached hydrogens (tertiary/aromatic N) is 2. The van der Waals surface area contributed by atoms with Gasteiger partial charge in [-0.2, -0.15) is 0 Å². The summed E-state index contributed by atoms with van der Waals surface area (Å²) in [4.78, 5) is 16.3. The fourth-order valence-electron chi connectivity index (χ4n) is 2.50. The van der Waals surface area contributed by atoms with Gasteiger partial charge in [0.2, 0.25) is 0 Å². The van der Waals surface area contributed by atoms with Crippen molar-refractivity contribution in [3.63, 3.8) is 0 Å². The van der Waals surface area contributed by atoms with Crippen molar-refractivity contribution in [2.75, 3.05) is 39.3 Å². The van der Waals surface area contributed by atoms with Crippen molar-refractivity contribution in [1.29, 1.82) is 0 Å². The number of rotatable bonds is 5. The van der Waals surface area contributed by atoms with E-state index < -0.39 is 0 Å². The van der Waals surface area contributed by atoms with E-state index in [2.05, 4.69) is 4.90 Å². The Bertz CT molecular complexity index is 491. The molecule has 0 radical (unpaired) electrons. The number of benzene rings is 1. The maximum Gasteiger partial charge on any atom is 0.260 e. The van der Waals surface area contributed by atoms with Crippen molar-refractivity contribution in [3.8, 4) is 5.75 Å². The Labute approximate surface area is 137 Å². The highest BCUT2D eigenvalue weighted by Gasteiger charge is 2.24. The molecule has 6 heteroatoms. The zero-order valence-corrected chi connectivity index (χ0v) is 14.0. The van der Waals surface area contributed by atoms with Crippen LogP contribution in [0.2, 0.25) is 5.02 Å². The van der Waals surface area contributed by atoms with Crippen LogP contribution in [0, 0.1) is 0 Å². The van der Waals surface area contributed by atoms with Crippen molar-refractivity contribution >= 4 is 17.5 Å². The molecule has 1 aromatic carbocycles. The first kappa shape index (κ1) is 17.1. The van der Waals surface area contributed by atoms with Crippen molar-refractivity contribution in [2.45, 2.75) is 19.4 Å². The number of amides is 1. The predicted octanol–water partition coefficient (Wildman–Crippen LogP) is 1.60. The SMILES string of the molecule is CC(C)(N)CN1CCN(C(=O)COc2ccc(Cl)cc2)CC1. The zero-order valence-electron chi connectivity index (χ0n) is 13.2. The number of hydrogen-bond donors (Lipinski definition) is 1. The summed E-state index contributed by atoms with van der Waals surface area (Å²) in [6.07, 6.45) is 0. The molecule has 2 rings (SSSR count). The van der Waals surface area contributed by atoms with Gasteiger partial charge in [0.05, 0.1) is 0 Å². The molecule has 0 atom stereocenters. The minimum absolute atomic E-state index is 0.0154. The van der Waals surface area contributed by atoms with Gasteiger partial charge >= 0.3 is 0 Å². The number of hydrogen-bond acceptors (Lipinski definition) is 4. The first-order valence-corrected chi connectivity index (χ1v) is 7.89. The van der Waals surface area contributed by atoms with Crippen molar-refractivity contribution in [1.82, 2.24) is 9.80 Å². The minimum Gasteiger partial charge on any atom is -0.484 e. The lowest BCUT2D eigenvalue weighted by molar-refractivity contribution is -0.135. The maximum absolute atomic E-state index is 12.2. The van der Waals surface area contributed by atoms with Crippen LogP contribution in [0.25, 0.3) is 0 Å². The molecule has 122 valence electrons. The molecule has 0 saturated carbocycles. The Kier molecular flexibility index (Phi) is 5.67. The van der Waals surface area contributed by atoms with Crippen LogP contribution in [-0.4, -0.2) is 60.6 Å². The van der Waals surface area contributed by atoms with Crippen molar-refractivity contribution in [2.24, 2.45) is 5.73 Å². The monoisotopic (exact) mass is 325 g/mol. The van der Waals surface area contributed by atoms with Crippen LogP contribution in [0.5, 0.6) is 5.75 Å². The Balaban J connectivity index is 1.74. The zero-order chi connectivity index (χ0) is 16.2. The molecule has 1 amide bonds. The summed E-state index contributed by atoms with van der Waals surface area (Å²) in [5.74, 6) is 0.669. The van der Waals surface area contributed by atoms with E-state index in [1.54, 1.807) is 24.3 Å². The molecule has 0 spiro atoms. The molecular weight excluding hydrogens is 302 g/mol. The summed E-state index contributed by atoms with van der Waals surface area (Å²) in [5.41, 5.74) is 5.83. The number of ether oxygens (including phenoxy) is 1. The summed E-state index contributed by atoms with van der Waals surface area (Å²) in [6.45, 7) is 8.09. The van der Waals surface area contributed by atoms with E-state index >= 15 is 0 Å². The Hall–Kier alpha value is -1.30. The second-order valence-electron chi connectivity index (χ2n) is 6.39. The third-order valence-electron chi connectivity index (χ3n) is 3.53. The van der Waals surface area contributed by atoms with E-state index in [0.717, 1.165) is 32.7 Å². The second kappa shape index (κ2) is 7.31. The fraction of sp³-hybridized carbons (Fsp3) is 0.562. The highest BCUT2D eigenvalue weighted by molar-refractivity contribution is 6.30. The maximum atomic E-state index is 12.2. The Morgan fingerprint density at radius 2 is 1.82 bits per heavy atom. The van der Waals surface area contributed by atoms with E-state index in [1.165, 1.54) is 0 Å². The number of piperazine rings is 1. The van der Waals surface area contributed by atoms with Crippen LogP contribution in [0.3, 0.4) is 0 Å². The van der Waals surface area contributed by atoms with Gasteiger partial charge in [-0.05, 0) is 38.1 Å². The van der Waals surface area contributed by atoms with Crippen molar-refractivity contribution < 1.29 is 9.53 Å². The highest BCUT2D eigenvalue weighted by Crippen LogP contribution is 2.15. The number of halogens is 1. The minimum atomic E-state index is -0.204. The van der Waals surface area contributed by atoms with Gasteiger partial charge in [-0.1, -0.05) is 11.6 Å². The average molecular weight is 326 g/mol. The van der Waals surface area contributed by atoms with Gasteiger partial charge in [-0.3, -0.25) is 9.69 Å².